The van der Waals surface area contributed by atoms with Crippen molar-refractivity contribution < 1.29 is 13.5 Å². The van der Waals surface area contributed by atoms with Crippen molar-refractivity contribution in [3.63, 3.8) is 0 Å². The number of nitrogens with one attached hydrogen (secondary N) is 1. The predicted octanol–water partition coefficient (Wildman–Crippen LogP) is 1.95. The lowest BCUT2D eigenvalue weighted by Gasteiger charge is -2.06. The highest BCUT2D eigenvalue weighted by atomic mass is 32.2. The Morgan fingerprint density at radius 2 is 1.89 bits per heavy atom. The van der Waals surface area contributed by atoms with Crippen LogP contribution >= 0.6 is 11.3 Å². The second-order valence-corrected chi connectivity index (χ2v) is 8.61. The van der Waals surface area contributed by atoms with E-state index in [-0.39, 0.29) is 28.4 Å². The van der Waals surface area contributed by atoms with Crippen LogP contribution in [-0.4, -0.2) is 19.6 Å². The maximum Gasteiger partial charge on any atom is 0.241 e. The van der Waals surface area contributed by atoms with Crippen LogP contribution in [0, 0.1) is 10.8 Å². The number of thiophene rings is 1. The average molecular weight is 289 g/mol. The first-order valence-corrected chi connectivity index (χ1v) is 8.20. The molecule has 0 aromatic carbocycles. The summed E-state index contributed by atoms with van der Waals surface area (Å²) in [6.45, 7) is 8.13. The summed E-state index contributed by atoms with van der Waals surface area (Å²) in [5.41, 5.74) is -0.0637. The molecule has 0 radical (unpaired) electrons. The first-order valence-electron chi connectivity index (χ1n) is 5.83. The van der Waals surface area contributed by atoms with E-state index in [1.54, 1.807) is 5.38 Å². The molecule has 0 amide bonds. The Labute approximate surface area is 112 Å². The molecule has 1 saturated carbocycles. The zero-order valence-corrected chi connectivity index (χ0v) is 12.7. The fourth-order valence-electron chi connectivity index (χ4n) is 2.30. The molecular weight excluding hydrogens is 270 g/mol. The van der Waals surface area contributed by atoms with Gasteiger partial charge in [0.1, 0.15) is 0 Å². The van der Waals surface area contributed by atoms with E-state index in [4.69, 9.17) is 5.11 Å². The van der Waals surface area contributed by atoms with Gasteiger partial charge < -0.3 is 5.11 Å². The third-order valence-corrected chi connectivity index (χ3v) is 6.86. The fraction of sp³-hybridized carbons (Fsp3) is 0.667. The lowest BCUT2D eigenvalue weighted by atomic mass is 10.0. The molecule has 18 heavy (non-hydrogen) atoms. The van der Waals surface area contributed by atoms with Crippen molar-refractivity contribution in [2.24, 2.45) is 10.8 Å². The molecule has 0 atom stereocenters. The second-order valence-electron chi connectivity index (χ2n) is 5.90. The number of hydrogen-bond donors (Lipinski definition) is 2. The molecule has 1 fully saturated rings. The number of sulfonamides is 1. The Balaban J connectivity index is 2.19. The van der Waals surface area contributed by atoms with E-state index in [0.29, 0.717) is 4.88 Å². The van der Waals surface area contributed by atoms with Crippen molar-refractivity contribution in [3.8, 4) is 0 Å². The summed E-state index contributed by atoms with van der Waals surface area (Å²) in [7, 11) is -3.48. The van der Waals surface area contributed by atoms with Gasteiger partial charge in [-0.25, -0.2) is 13.1 Å². The molecule has 2 rings (SSSR count). The smallest absolute Gasteiger partial charge is 0.241 e. The molecule has 4 nitrogen and oxygen atoms in total. The van der Waals surface area contributed by atoms with E-state index < -0.39 is 10.0 Å². The summed E-state index contributed by atoms with van der Waals surface area (Å²) in [4.78, 5) is 0.903. The minimum absolute atomic E-state index is 0.0318. The van der Waals surface area contributed by atoms with Gasteiger partial charge in [-0.05, 0) is 16.9 Å². The van der Waals surface area contributed by atoms with Crippen LogP contribution in [0.3, 0.4) is 0 Å². The van der Waals surface area contributed by atoms with Crippen molar-refractivity contribution in [2.45, 2.75) is 45.2 Å². The first-order chi connectivity index (χ1) is 8.13. The lowest BCUT2D eigenvalue weighted by Crippen LogP contribution is -2.29. The summed E-state index contributed by atoms with van der Waals surface area (Å²) in [6, 6.07) is 1.47. The summed E-state index contributed by atoms with van der Waals surface area (Å²) in [6.07, 6.45) is 0. The quantitative estimate of drug-likeness (QED) is 0.890. The predicted molar refractivity (Wildman–Crippen MR) is 71.9 cm³/mol. The van der Waals surface area contributed by atoms with Crippen LogP contribution in [0.15, 0.2) is 16.3 Å². The van der Waals surface area contributed by atoms with E-state index >= 15 is 0 Å². The van der Waals surface area contributed by atoms with Crippen LogP contribution in [-0.2, 0) is 16.6 Å². The highest BCUT2D eigenvalue weighted by molar-refractivity contribution is 7.89. The highest BCUT2D eigenvalue weighted by Gasteiger charge is 2.66. The van der Waals surface area contributed by atoms with E-state index in [1.807, 2.05) is 0 Å². The van der Waals surface area contributed by atoms with Crippen LogP contribution < -0.4 is 4.72 Å². The van der Waals surface area contributed by atoms with E-state index in [1.165, 1.54) is 17.4 Å². The van der Waals surface area contributed by atoms with E-state index in [2.05, 4.69) is 32.4 Å². The fourth-order valence-corrected chi connectivity index (χ4v) is 4.96. The summed E-state index contributed by atoms with van der Waals surface area (Å²) < 4.78 is 27.2. The minimum atomic E-state index is -3.48. The normalized spacial score (nSPS) is 22.1. The van der Waals surface area contributed by atoms with Gasteiger partial charge in [-0.15, -0.1) is 11.3 Å². The summed E-state index contributed by atoms with van der Waals surface area (Å²) in [5.74, 6) is 0. The zero-order chi connectivity index (χ0) is 13.8. The van der Waals surface area contributed by atoms with Gasteiger partial charge in [-0.2, -0.15) is 0 Å². The van der Waals surface area contributed by atoms with Gasteiger partial charge in [0.05, 0.1) is 11.5 Å². The molecule has 2 N–H and O–H groups in total. The monoisotopic (exact) mass is 289 g/mol. The Bertz CT molecular complexity index is 544. The standard InChI is InChI=1S/C12H19NO3S2/c1-11(2)10(12(11,3)4)13-18(15,16)9-5-8(6-14)17-7-9/h5,7,10,13-14H,6H2,1-4H3. The van der Waals surface area contributed by atoms with Gasteiger partial charge in [0.15, 0.2) is 0 Å². The first kappa shape index (κ1) is 14.0. The molecule has 1 aliphatic carbocycles. The highest BCUT2D eigenvalue weighted by Crippen LogP contribution is 2.62. The Hall–Kier alpha value is -0.430. The molecule has 102 valence electrons. The largest absolute Gasteiger partial charge is 0.391 e. The van der Waals surface area contributed by atoms with Gasteiger partial charge in [0.2, 0.25) is 10.0 Å². The van der Waals surface area contributed by atoms with Crippen molar-refractivity contribution in [1.29, 1.82) is 0 Å². The van der Waals surface area contributed by atoms with Gasteiger partial charge in [-0.3, -0.25) is 0 Å². The second kappa shape index (κ2) is 4.03. The third kappa shape index (κ3) is 2.01. The topological polar surface area (TPSA) is 66.4 Å². The van der Waals surface area contributed by atoms with Gasteiger partial charge in [0.25, 0.3) is 0 Å². The molecule has 1 aliphatic rings. The SMILES string of the molecule is CC1(C)C(NS(=O)(=O)c2csc(CO)c2)C1(C)C. The van der Waals surface area contributed by atoms with E-state index in [9.17, 15) is 8.42 Å². The van der Waals surface area contributed by atoms with Gasteiger partial charge in [-0.1, -0.05) is 27.7 Å². The Morgan fingerprint density at radius 1 is 1.33 bits per heavy atom. The van der Waals surface area contributed by atoms with Crippen LogP contribution in [0.2, 0.25) is 0 Å². The molecule has 1 aromatic heterocycles. The van der Waals surface area contributed by atoms with Crippen LogP contribution in [0.25, 0.3) is 0 Å². The number of rotatable bonds is 4. The number of hydrogen-bond acceptors (Lipinski definition) is 4. The molecule has 6 heteroatoms. The molecule has 1 heterocycles. The van der Waals surface area contributed by atoms with Crippen LogP contribution in [0.1, 0.15) is 32.6 Å². The molecule has 1 aromatic rings. The van der Waals surface area contributed by atoms with Crippen molar-refractivity contribution >= 4 is 21.4 Å². The van der Waals surface area contributed by atoms with E-state index in [0.717, 1.165) is 0 Å². The molecular formula is C12H19NO3S2. The lowest BCUT2D eigenvalue weighted by molar-refractivity contribution is 0.285. The molecule has 0 spiro atoms. The Morgan fingerprint density at radius 3 is 2.28 bits per heavy atom. The van der Waals surface area contributed by atoms with Crippen molar-refractivity contribution in [2.75, 3.05) is 0 Å². The maximum absolute atomic E-state index is 12.2. The zero-order valence-electron chi connectivity index (χ0n) is 11.0. The van der Waals surface area contributed by atoms with Crippen LogP contribution in [0.4, 0.5) is 0 Å². The molecule has 0 bridgehead atoms. The molecule has 0 saturated heterocycles. The Kier molecular flexibility index (Phi) is 3.13. The summed E-state index contributed by atoms with van der Waals surface area (Å²) in [5, 5.41) is 10.5. The molecule has 0 aliphatic heterocycles. The molecule has 0 unspecified atom stereocenters. The van der Waals surface area contributed by atoms with Gasteiger partial charge in [0, 0.05) is 16.3 Å². The van der Waals surface area contributed by atoms with Crippen molar-refractivity contribution in [1.82, 2.24) is 4.72 Å². The van der Waals surface area contributed by atoms with Crippen molar-refractivity contribution in [3.05, 3.63) is 16.3 Å². The maximum atomic E-state index is 12.2. The third-order valence-electron chi connectivity index (χ3n) is 4.39. The number of aliphatic hydroxyl groups excluding tert-OH is 1. The number of aliphatic hydroxyl groups is 1. The average Bonchev–Trinajstić information content (AvgIpc) is 2.68. The van der Waals surface area contributed by atoms with Crippen LogP contribution in [0.5, 0.6) is 0 Å². The minimum Gasteiger partial charge on any atom is -0.391 e. The van der Waals surface area contributed by atoms with Gasteiger partial charge >= 0.3 is 0 Å². The summed E-state index contributed by atoms with van der Waals surface area (Å²) >= 11 is 1.25.